The van der Waals surface area contributed by atoms with Gasteiger partial charge >= 0.3 is 0 Å². The van der Waals surface area contributed by atoms with E-state index in [1.807, 2.05) is 31.2 Å². The maximum Gasteiger partial charge on any atom is 0.196 e. The third-order valence-electron chi connectivity index (χ3n) is 2.40. The van der Waals surface area contributed by atoms with Crippen molar-refractivity contribution < 1.29 is 4.79 Å². The number of nitrogens with one attached hydrogen (secondary N) is 1. The maximum atomic E-state index is 12.0. The molecule has 3 heteroatoms. The van der Waals surface area contributed by atoms with E-state index < -0.39 is 0 Å². The Balaban J connectivity index is 2.42. The Morgan fingerprint density at radius 3 is 2.87 bits per heavy atom. The number of ketones is 1. The quantitative estimate of drug-likeness (QED) is 0.772. The smallest absolute Gasteiger partial charge is 0.196 e. The van der Waals surface area contributed by atoms with E-state index >= 15 is 0 Å². The van der Waals surface area contributed by atoms with Crippen LogP contribution in [0.3, 0.4) is 0 Å². The molecule has 0 spiro atoms. The van der Waals surface area contributed by atoms with E-state index in [9.17, 15) is 4.79 Å². The lowest BCUT2D eigenvalue weighted by Gasteiger charge is -2.04. The summed E-state index contributed by atoms with van der Waals surface area (Å²) in [6.07, 6.45) is 4.03. The number of carbonyl (C=O) groups excluding carboxylic acids is 1. The summed E-state index contributed by atoms with van der Waals surface area (Å²) in [4.78, 5) is 12.0. The van der Waals surface area contributed by atoms with Crippen molar-refractivity contribution in [2.75, 3.05) is 0 Å². The van der Waals surface area contributed by atoms with Crippen LogP contribution in [0.15, 0.2) is 36.7 Å². The zero-order chi connectivity index (χ0) is 10.7. The molecule has 2 aromatic rings. The van der Waals surface area contributed by atoms with Gasteiger partial charge in [-0.05, 0) is 12.0 Å². The van der Waals surface area contributed by atoms with Gasteiger partial charge in [0.1, 0.15) is 0 Å². The molecule has 0 aliphatic carbocycles. The number of aromatic amines is 1. The summed E-state index contributed by atoms with van der Waals surface area (Å²) in [6, 6.07) is 7.67. The molecule has 0 aliphatic rings. The zero-order valence-corrected chi connectivity index (χ0v) is 8.53. The topological polar surface area (TPSA) is 45.8 Å². The second-order valence-electron chi connectivity index (χ2n) is 3.33. The van der Waals surface area contributed by atoms with Gasteiger partial charge in [0.15, 0.2) is 5.78 Å². The van der Waals surface area contributed by atoms with Crippen molar-refractivity contribution >= 4 is 5.78 Å². The number of rotatable bonds is 3. The first-order valence-corrected chi connectivity index (χ1v) is 4.94. The van der Waals surface area contributed by atoms with Crippen molar-refractivity contribution in [3.8, 4) is 0 Å². The summed E-state index contributed by atoms with van der Waals surface area (Å²) in [6.45, 7) is 2.04. The average Bonchev–Trinajstić information content (AvgIpc) is 2.81. The number of H-pyrrole nitrogens is 1. The number of hydrogen-bond donors (Lipinski definition) is 1. The Morgan fingerprint density at radius 1 is 1.40 bits per heavy atom. The summed E-state index contributed by atoms with van der Waals surface area (Å²) in [5.41, 5.74) is 2.45. The zero-order valence-electron chi connectivity index (χ0n) is 8.53. The first kappa shape index (κ1) is 9.65. The molecule has 2 rings (SSSR count). The average molecular weight is 200 g/mol. The molecule has 3 nitrogen and oxygen atoms in total. The van der Waals surface area contributed by atoms with E-state index in [1.165, 1.54) is 0 Å². The molecule has 0 amide bonds. The highest BCUT2D eigenvalue weighted by Gasteiger charge is 2.12. The Kier molecular flexibility index (Phi) is 2.63. The summed E-state index contributed by atoms with van der Waals surface area (Å²) in [5.74, 6) is 0.0289. The van der Waals surface area contributed by atoms with Gasteiger partial charge in [0.25, 0.3) is 0 Å². The van der Waals surface area contributed by atoms with Crippen LogP contribution in [-0.2, 0) is 6.42 Å². The van der Waals surface area contributed by atoms with Gasteiger partial charge in [0, 0.05) is 11.8 Å². The van der Waals surface area contributed by atoms with Gasteiger partial charge in [-0.1, -0.05) is 31.2 Å². The predicted molar refractivity (Wildman–Crippen MR) is 57.8 cm³/mol. The first-order valence-electron chi connectivity index (χ1n) is 4.94. The molecule has 76 valence electrons. The highest BCUT2D eigenvalue weighted by molar-refractivity contribution is 6.09. The van der Waals surface area contributed by atoms with Crippen molar-refractivity contribution in [3.05, 3.63) is 53.3 Å². The van der Waals surface area contributed by atoms with Crippen molar-refractivity contribution in [1.29, 1.82) is 0 Å². The van der Waals surface area contributed by atoms with E-state index in [4.69, 9.17) is 0 Å². The Hall–Kier alpha value is -1.90. The molecule has 15 heavy (non-hydrogen) atoms. The lowest BCUT2D eigenvalue weighted by molar-refractivity contribution is 0.103. The molecule has 0 radical (unpaired) electrons. The Bertz CT molecular complexity index is 460. The molecule has 0 unspecified atom stereocenters. The molecule has 1 heterocycles. The molecule has 0 atom stereocenters. The first-order chi connectivity index (χ1) is 7.33. The highest BCUT2D eigenvalue weighted by Crippen LogP contribution is 2.14. The summed E-state index contributed by atoms with van der Waals surface area (Å²) >= 11 is 0. The molecule has 0 fully saturated rings. The van der Waals surface area contributed by atoms with Gasteiger partial charge in [-0.3, -0.25) is 9.89 Å². The third-order valence-corrected chi connectivity index (χ3v) is 2.40. The molecular formula is C12H12N2O. The van der Waals surface area contributed by atoms with Gasteiger partial charge < -0.3 is 0 Å². The molecule has 1 aromatic heterocycles. The second-order valence-corrected chi connectivity index (χ2v) is 3.33. The fourth-order valence-electron chi connectivity index (χ4n) is 1.58. The molecule has 0 bridgehead atoms. The van der Waals surface area contributed by atoms with Gasteiger partial charge in [0.05, 0.1) is 11.8 Å². The third kappa shape index (κ3) is 1.81. The highest BCUT2D eigenvalue weighted by atomic mass is 16.1. The fraction of sp³-hybridized carbons (Fsp3) is 0.167. The second kappa shape index (κ2) is 4.09. The predicted octanol–water partition coefficient (Wildman–Crippen LogP) is 2.20. The van der Waals surface area contributed by atoms with E-state index in [2.05, 4.69) is 10.2 Å². The fourth-order valence-corrected chi connectivity index (χ4v) is 1.58. The van der Waals surface area contributed by atoms with Crippen LogP contribution in [0.5, 0.6) is 0 Å². The van der Waals surface area contributed by atoms with Gasteiger partial charge in [-0.2, -0.15) is 5.10 Å². The van der Waals surface area contributed by atoms with E-state index in [-0.39, 0.29) is 5.78 Å². The molecule has 1 aromatic carbocycles. The standard InChI is InChI=1S/C12H12N2O/c1-2-9-5-3-4-6-11(9)12(15)10-7-13-14-8-10/h3-8H,2H2,1H3,(H,13,14). The number of hydrogen-bond acceptors (Lipinski definition) is 2. The van der Waals surface area contributed by atoms with Crippen LogP contribution in [0.2, 0.25) is 0 Å². The maximum absolute atomic E-state index is 12.0. The van der Waals surface area contributed by atoms with Crippen molar-refractivity contribution in [3.63, 3.8) is 0 Å². The van der Waals surface area contributed by atoms with E-state index in [0.29, 0.717) is 5.56 Å². The van der Waals surface area contributed by atoms with Crippen LogP contribution in [0.1, 0.15) is 28.4 Å². The van der Waals surface area contributed by atoms with E-state index in [1.54, 1.807) is 12.4 Å². The molecular weight excluding hydrogens is 188 g/mol. The summed E-state index contributed by atoms with van der Waals surface area (Å²) in [5, 5.41) is 6.43. The van der Waals surface area contributed by atoms with Gasteiger partial charge in [-0.25, -0.2) is 0 Å². The monoisotopic (exact) mass is 200 g/mol. The lowest BCUT2D eigenvalue weighted by Crippen LogP contribution is -2.03. The van der Waals surface area contributed by atoms with Gasteiger partial charge in [-0.15, -0.1) is 0 Å². The number of aromatic nitrogens is 2. The lowest BCUT2D eigenvalue weighted by atomic mass is 9.99. The Morgan fingerprint density at radius 2 is 2.20 bits per heavy atom. The van der Waals surface area contributed by atoms with Crippen LogP contribution in [0.4, 0.5) is 0 Å². The summed E-state index contributed by atoms with van der Waals surface area (Å²) in [7, 11) is 0. The molecule has 0 saturated carbocycles. The van der Waals surface area contributed by atoms with Crippen LogP contribution in [0.25, 0.3) is 0 Å². The molecule has 0 saturated heterocycles. The van der Waals surface area contributed by atoms with E-state index in [0.717, 1.165) is 17.5 Å². The molecule has 0 aliphatic heterocycles. The van der Waals surface area contributed by atoms with Crippen molar-refractivity contribution in [2.45, 2.75) is 13.3 Å². The van der Waals surface area contributed by atoms with Crippen LogP contribution >= 0.6 is 0 Å². The number of benzene rings is 1. The largest absolute Gasteiger partial charge is 0.288 e. The van der Waals surface area contributed by atoms with Crippen molar-refractivity contribution in [1.82, 2.24) is 10.2 Å². The minimum Gasteiger partial charge on any atom is -0.288 e. The SMILES string of the molecule is CCc1ccccc1C(=O)c1cn[nH]c1. The Labute approximate surface area is 88.1 Å². The van der Waals surface area contributed by atoms with Crippen molar-refractivity contribution in [2.24, 2.45) is 0 Å². The summed E-state index contributed by atoms with van der Waals surface area (Å²) < 4.78 is 0. The van der Waals surface area contributed by atoms with Crippen LogP contribution < -0.4 is 0 Å². The normalized spacial score (nSPS) is 10.2. The number of nitrogens with zero attached hydrogens (tertiary/aromatic N) is 1. The van der Waals surface area contributed by atoms with Gasteiger partial charge in [0.2, 0.25) is 0 Å². The minimum absolute atomic E-state index is 0.0289. The van der Waals surface area contributed by atoms with Crippen LogP contribution in [0, 0.1) is 0 Å². The number of aryl methyl sites for hydroxylation is 1. The van der Waals surface area contributed by atoms with Crippen LogP contribution in [-0.4, -0.2) is 16.0 Å². The number of carbonyl (C=O) groups is 1. The minimum atomic E-state index is 0.0289. The molecule has 1 N–H and O–H groups in total.